The maximum absolute atomic E-state index is 2.46. The molecule has 0 saturated carbocycles. The van der Waals surface area contributed by atoms with Gasteiger partial charge in [0.1, 0.15) is 0 Å². The van der Waals surface area contributed by atoms with E-state index in [4.69, 9.17) is 0 Å². The number of benzene rings is 7. The maximum Gasteiger partial charge on any atom is 0.0548 e. The Morgan fingerprint density at radius 3 is 1.67 bits per heavy atom. The normalized spacial score (nSPS) is 12.2. The Kier molecular flexibility index (Phi) is 4.63. The van der Waals surface area contributed by atoms with Crippen molar-refractivity contribution in [3.05, 3.63) is 146 Å². The van der Waals surface area contributed by atoms with Crippen molar-refractivity contribution in [2.24, 2.45) is 0 Å². The van der Waals surface area contributed by atoms with E-state index in [1.54, 1.807) is 0 Å². The molecule has 3 heterocycles. The predicted molar refractivity (Wildman–Crippen MR) is 186 cm³/mol. The Morgan fingerprint density at radius 1 is 0.349 bits per heavy atom. The summed E-state index contributed by atoms with van der Waals surface area (Å²) >= 11 is 1.89. The zero-order valence-corrected chi connectivity index (χ0v) is 24.0. The van der Waals surface area contributed by atoms with Gasteiger partial charge in [-0.15, -0.1) is 11.3 Å². The van der Waals surface area contributed by atoms with Crippen molar-refractivity contribution in [2.45, 2.75) is 0 Å². The molecule has 0 spiro atoms. The SMILES string of the molecule is c1ccc(-n2c3ccccc3c3cc4c(cc32)c2ccccc2n4-c2ccc3c(c2)sc2ccc4ccccc4c23)cc1. The molecule has 7 aromatic carbocycles. The second kappa shape index (κ2) is 8.57. The second-order valence-electron chi connectivity index (χ2n) is 11.4. The first kappa shape index (κ1) is 23.2. The van der Waals surface area contributed by atoms with Gasteiger partial charge in [0.2, 0.25) is 0 Å². The molecule has 2 nitrogen and oxygen atoms in total. The molecule has 0 aliphatic rings. The van der Waals surface area contributed by atoms with E-state index in [9.17, 15) is 0 Å². The topological polar surface area (TPSA) is 9.86 Å². The standard InChI is InChI=1S/C40H24N2S/c1-2-11-26(12-3-1)41-34-16-8-6-14-29(34)32-24-37-33(23-36(32)41)30-15-7-9-17-35(30)42(37)27-19-20-31-39(22-27)43-38-21-18-25-10-4-5-13-28(25)40(31)38/h1-24H. The Morgan fingerprint density at radius 2 is 0.953 bits per heavy atom. The Bertz CT molecular complexity index is 2720. The largest absolute Gasteiger partial charge is 0.309 e. The molecule has 0 amide bonds. The van der Waals surface area contributed by atoms with Crippen molar-refractivity contribution in [2.75, 3.05) is 0 Å². The lowest BCUT2D eigenvalue weighted by atomic mass is 10.0. The molecule has 3 heteroatoms. The summed E-state index contributed by atoms with van der Waals surface area (Å²) in [6.07, 6.45) is 0. The van der Waals surface area contributed by atoms with Gasteiger partial charge in [0.25, 0.3) is 0 Å². The number of rotatable bonds is 2. The number of aromatic nitrogens is 2. The summed E-state index contributed by atoms with van der Waals surface area (Å²) in [5, 5.41) is 10.4. The van der Waals surface area contributed by atoms with E-state index >= 15 is 0 Å². The molecule has 43 heavy (non-hydrogen) atoms. The van der Waals surface area contributed by atoms with Crippen molar-refractivity contribution in [3.63, 3.8) is 0 Å². The number of para-hydroxylation sites is 3. The van der Waals surface area contributed by atoms with Crippen LogP contribution >= 0.6 is 11.3 Å². The molecule has 0 unspecified atom stereocenters. The third-order valence-electron chi connectivity index (χ3n) is 9.08. The average molecular weight is 565 g/mol. The minimum atomic E-state index is 1.18. The quantitative estimate of drug-likeness (QED) is 0.198. The van der Waals surface area contributed by atoms with Gasteiger partial charge in [0, 0.05) is 53.1 Å². The van der Waals surface area contributed by atoms with E-state index in [1.807, 2.05) is 11.3 Å². The van der Waals surface area contributed by atoms with E-state index in [0.717, 1.165) is 0 Å². The van der Waals surface area contributed by atoms with Gasteiger partial charge in [0.05, 0.1) is 22.1 Å². The van der Waals surface area contributed by atoms with E-state index in [1.165, 1.54) is 85.9 Å². The zero-order valence-electron chi connectivity index (χ0n) is 23.2. The number of hydrogen-bond donors (Lipinski definition) is 0. The molecule has 10 rings (SSSR count). The number of nitrogens with zero attached hydrogens (tertiary/aromatic N) is 2. The molecule has 0 aliphatic heterocycles. The molecule has 0 saturated heterocycles. The highest BCUT2D eigenvalue weighted by Crippen LogP contribution is 2.42. The highest BCUT2D eigenvalue weighted by molar-refractivity contribution is 7.26. The van der Waals surface area contributed by atoms with Crippen LogP contribution in [0.4, 0.5) is 0 Å². The Balaban J connectivity index is 1.30. The molecule has 3 aromatic heterocycles. The number of hydrogen-bond acceptors (Lipinski definition) is 1. The van der Waals surface area contributed by atoms with Gasteiger partial charge in [-0.3, -0.25) is 0 Å². The predicted octanol–water partition coefficient (Wildman–Crippen LogP) is 11.4. The number of fused-ring (bicyclic) bond motifs is 11. The first-order valence-corrected chi connectivity index (χ1v) is 15.5. The van der Waals surface area contributed by atoms with E-state index < -0.39 is 0 Å². The van der Waals surface area contributed by atoms with Crippen LogP contribution in [0.1, 0.15) is 0 Å². The lowest BCUT2D eigenvalue weighted by Gasteiger charge is -2.09. The average Bonchev–Trinajstić information content (AvgIpc) is 3.71. The van der Waals surface area contributed by atoms with Crippen molar-refractivity contribution in [1.29, 1.82) is 0 Å². The fourth-order valence-electron chi connectivity index (χ4n) is 7.24. The molecular formula is C40H24N2S. The lowest BCUT2D eigenvalue weighted by molar-refractivity contribution is 1.18. The third-order valence-corrected chi connectivity index (χ3v) is 10.2. The maximum atomic E-state index is 2.46. The molecular weight excluding hydrogens is 541 g/mol. The minimum absolute atomic E-state index is 1.18. The van der Waals surface area contributed by atoms with Crippen LogP contribution in [0.2, 0.25) is 0 Å². The van der Waals surface area contributed by atoms with Crippen LogP contribution in [0.15, 0.2) is 146 Å². The monoisotopic (exact) mass is 564 g/mol. The van der Waals surface area contributed by atoms with Gasteiger partial charge in [-0.2, -0.15) is 0 Å². The van der Waals surface area contributed by atoms with Crippen molar-refractivity contribution in [3.8, 4) is 11.4 Å². The summed E-state index contributed by atoms with van der Waals surface area (Å²) in [6.45, 7) is 0. The van der Waals surface area contributed by atoms with E-state index in [0.29, 0.717) is 0 Å². The van der Waals surface area contributed by atoms with Gasteiger partial charge in [-0.05, 0) is 65.4 Å². The number of thiophene rings is 1. The van der Waals surface area contributed by atoms with Crippen LogP contribution in [0.5, 0.6) is 0 Å². The van der Waals surface area contributed by atoms with Crippen LogP contribution in [-0.2, 0) is 0 Å². The van der Waals surface area contributed by atoms with E-state index in [-0.39, 0.29) is 0 Å². The summed E-state index contributed by atoms with van der Waals surface area (Å²) in [6, 6.07) is 53.4. The van der Waals surface area contributed by atoms with Gasteiger partial charge in [-0.1, -0.05) is 91.0 Å². The van der Waals surface area contributed by atoms with Crippen molar-refractivity contribution < 1.29 is 0 Å². The molecule has 0 N–H and O–H groups in total. The molecule has 10 aromatic rings. The van der Waals surface area contributed by atoms with Crippen LogP contribution in [0, 0.1) is 0 Å². The van der Waals surface area contributed by atoms with Crippen LogP contribution in [0.25, 0.3) is 85.9 Å². The van der Waals surface area contributed by atoms with Crippen LogP contribution in [-0.4, -0.2) is 9.13 Å². The molecule has 0 atom stereocenters. The Hall–Kier alpha value is -5.38. The molecule has 0 aliphatic carbocycles. The fraction of sp³-hybridized carbons (Fsp3) is 0. The smallest absolute Gasteiger partial charge is 0.0548 e. The van der Waals surface area contributed by atoms with Crippen LogP contribution in [0.3, 0.4) is 0 Å². The summed E-state index contributed by atoms with van der Waals surface area (Å²) in [5.41, 5.74) is 7.29. The van der Waals surface area contributed by atoms with Gasteiger partial charge in [-0.25, -0.2) is 0 Å². The summed E-state index contributed by atoms with van der Waals surface area (Å²) in [4.78, 5) is 0. The van der Waals surface area contributed by atoms with Gasteiger partial charge in [0.15, 0.2) is 0 Å². The first-order valence-electron chi connectivity index (χ1n) is 14.7. The van der Waals surface area contributed by atoms with Crippen molar-refractivity contribution >= 4 is 85.9 Å². The summed E-state index contributed by atoms with van der Waals surface area (Å²) < 4.78 is 7.52. The molecule has 0 bridgehead atoms. The first-order chi connectivity index (χ1) is 21.3. The van der Waals surface area contributed by atoms with E-state index in [2.05, 4.69) is 155 Å². The van der Waals surface area contributed by atoms with Crippen molar-refractivity contribution in [1.82, 2.24) is 9.13 Å². The fourth-order valence-corrected chi connectivity index (χ4v) is 8.39. The second-order valence-corrected chi connectivity index (χ2v) is 12.5. The van der Waals surface area contributed by atoms with Gasteiger partial charge < -0.3 is 9.13 Å². The molecule has 0 fully saturated rings. The molecule has 200 valence electrons. The van der Waals surface area contributed by atoms with Crippen LogP contribution < -0.4 is 0 Å². The Labute approximate surface area is 251 Å². The molecule has 0 radical (unpaired) electrons. The third kappa shape index (κ3) is 3.17. The van der Waals surface area contributed by atoms with Gasteiger partial charge >= 0.3 is 0 Å². The lowest BCUT2D eigenvalue weighted by Crippen LogP contribution is -1.94. The summed E-state index contributed by atoms with van der Waals surface area (Å²) in [7, 11) is 0. The zero-order chi connectivity index (χ0) is 28.1. The highest BCUT2D eigenvalue weighted by Gasteiger charge is 2.19. The summed E-state index contributed by atoms with van der Waals surface area (Å²) in [5.74, 6) is 0. The highest BCUT2D eigenvalue weighted by atomic mass is 32.1. The minimum Gasteiger partial charge on any atom is -0.309 e.